The van der Waals surface area contributed by atoms with E-state index in [1.54, 1.807) is 12.1 Å². The lowest BCUT2D eigenvalue weighted by atomic mass is 10.0. The van der Waals surface area contributed by atoms with Gasteiger partial charge in [0.25, 0.3) is 5.91 Å². The number of benzene rings is 3. The number of halogens is 2. The average molecular weight is 364 g/mol. The molecule has 2 N–H and O–H groups in total. The zero-order valence-corrected chi connectivity index (χ0v) is 14.3. The Morgan fingerprint density at radius 2 is 1.74 bits per heavy atom. The van der Waals surface area contributed by atoms with Gasteiger partial charge >= 0.3 is 0 Å². The van der Waals surface area contributed by atoms with Crippen LogP contribution in [0.4, 0.5) is 14.5 Å². The van der Waals surface area contributed by atoms with Crippen molar-refractivity contribution < 1.29 is 13.6 Å². The molecule has 4 rings (SSSR count). The number of rotatable bonds is 2. The number of amides is 1. The monoisotopic (exact) mass is 364 g/mol. The molecule has 1 aromatic heterocycles. The van der Waals surface area contributed by atoms with Gasteiger partial charge in [0.2, 0.25) is 0 Å². The van der Waals surface area contributed by atoms with Gasteiger partial charge in [-0.1, -0.05) is 24.3 Å². The van der Waals surface area contributed by atoms with Crippen LogP contribution in [0.5, 0.6) is 0 Å². The van der Waals surface area contributed by atoms with Crippen LogP contribution < -0.4 is 10.7 Å². The lowest BCUT2D eigenvalue weighted by Crippen LogP contribution is -2.16. The zero-order valence-electron chi connectivity index (χ0n) is 14.3. The molecular formula is C21H14F2N2O2. The van der Waals surface area contributed by atoms with Crippen molar-refractivity contribution >= 4 is 33.4 Å². The SMILES string of the molecule is Cc1ccccc1NC(=O)c1cc(F)cc2c(=O)c3cccc(F)c3[nH]c12. The van der Waals surface area contributed by atoms with E-state index in [4.69, 9.17) is 0 Å². The molecule has 0 saturated carbocycles. The van der Waals surface area contributed by atoms with E-state index in [1.807, 2.05) is 19.1 Å². The topological polar surface area (TPSA) is 62.0 Å². The van der Waals surface area contributed by atoms with E-state index >= 15 is 0 Å². The minimum absolute atomic E-state index is 0.0111. The maximum Gasteiger partial charge on any atom is 0.257 e. The summed E-state index contributed by atoms with van der Waals surface area (Å²) >= 11 is 0. The van der Waals surface area contributed by atoms with Crippen molar-refractivity contribution in [1.29, 1.82) is 0 Å². The Hall–Kier alpha value is -3.54. The van der Waals surface area contributed by atoms with Gasteiger partial charge in [-0.05, 0) is 42.8 Å². The van der Waals surface area contributed by atoms with Gasteiger partial charge in [0, 0.05) is 16.5 Å². The van der Waals surface area contributed by atoms with Crippen molar-refractivity contribution in [1.82, 2.24) is 4.98 Å². The fourth-order valence-electron chi connectivity index (χ4n) is 3.11. The Bertz CT molecular complexity index is 1280. The van der Waals surface area contributed by atoms with Crippen molar-refractivity contribution in [2.45, 2.75) is 6.92 Å². The summed E-state index contributed by atoms with van der Waals surface area (Å²) in [5.41, 5.74) is 0.848. The molecular weight excluding hydrogens is 350 g/mol. The van der Waals surface area contributed by atoms with Crippen molar-refractivity contribution in [2.75, 3.05) is 5.32 Å². The van der Waals surface area contributed by atoms with Crippen LogP contribution in [0.3, 0.4) is 0 Å². The first kappa shape index (κ1) is 16.9. The van der Waals surface area contributed by atoms with Crippen molar-refractivity contribution in [2.24, 2.45) is 0 Å². The van der Waals surface area contributed by atoms with E-state index in [-0.39, 0.29) is 27.4 Å². The van der Waals surface area contributed by atoms with Crippen LogP contribution in [0.2, 0.25) is 0 Å². The Morgan fingerprint density at radius 3 is 2.52 bits per heavy atom. The predicted octanol–water partition coefficient (Wildman–Crippen LogP) is 4.52. The molecule has 0 atom stereocenters. The molecule has 0 aliphatic heterocycles. The maximum absolute atomic E-state index is 14.2. The summed E-state index contributed by atoms with van der Waals surface area (Å²) in [4.78, 5) is 28.3. The number of nitrogens with one attached hydrogen (secondary N) is 2. The summed E-state index contributed by atoms with van der Waals surface area (Å²) < 4.78 is 28.3. The highest BCUT2D eigenvalue weighted by molar-refractivity contribution is 6.13. The van der Waals surface area contributed by atoms with Gasteiger partial charge in [0.1, 0.15) is 11.6 Å². The third kappa shape index (κ3) is 2.85. The normalized spacial score (nSPS) is 11.1. The van der Waals surface area contributed by atoms with Crippen LogP contribution in [0.1, 0.15) is 15.9 Å². The van der Waals surface area contributed by atoms with Gasteiger partial charge in [-0.15, -0.1) is 0 Å². The van der Waals surface area contributed by atoms with E-state index in [0.29, 0.717) is 5.69 Å². The van der Waals surface area contributed by atoms with E-state index in [9.17, 15) is 18.4 Å². The minimum atomic E-state index is -0.723. The molecule has 6 heteroatoms. The number of fused-ring (bicyclic) bond motifs is 2. The van der Waals surface area contributed by atoms with Crippen LogP contribution in [0, 0.1) is 18.6 Å². The summed E-state index contributed by atoms with van der Waals surface area (Å²) in [6.45, 7) is 1.82. The molecule has 27 heavy (non-hydrogen) atoms. The van der Waals surface area contributed by atoms with Crippen LogP contribution in [0.15, 0.2) is 59.4 Å². The van der Waals surface area contributed by atoms with E-state index in [1.165, 1.54) is 18.2 Å². The van der Waals surface area contributed by atoms with Crippen LogP contribution >= 0.6 is 0 Å². The van der Waals surface area contributed by atoms with Gasteiger partial charge in [-0.25, -0.2) is 8.78 Å². The second-order valence-electron chi connectivity index (χ2n) is 6.26. The number of aryl methyl sites for hydroxylation is 1. The number of hydrogen-bond acceptors (Lipinski definition) is 2. The quantitative estimate of drug-likeness (QED) is 0.514. The maximum atomic E-state index is 14.2. The Morgan fingerprint density at radius 1 is 0.963 bits per heavy atom. The Labute approximate surface area is 152 Å². The van der Waals surface area contributed by atoms with Gasteiger partial charge in [-0.2, -0.15) is 0 Å². The smallest absolute Gasteiger partial charge is 0.257 e. The fraction of sp³-hybridized carbons (Fsp3) is 0.0476. The number of H-pyrrole nitrogens is 1. The summed E-state index contributed by atoms with van der Waals surface area (Å²) in [5.74, 6) is -1.94. The standard InChI is InChI=1S/C21H14F2N2O2/c1-11-5-2-3-8-17(11)24-21(27)15-10-12(22)9-14-18(15)25-19-13(20(14)26)6-4-7-16(19)23/h2-10H,1H3,(H,24,27)(H,25,26). The fourth-order valence-corrected chi connectivity index (χ4v) is 3.11. The van der Waals surface area contributed by atoms with Crippen molar-refractivity contribution in [3.8, 4) is 0 Å². The molecule has 0 fully saturated rings. The summed E-state index contributed by atoms with van der Waals surface area (Å²) in [6.07, 6.45) is 0. The third-order valence-corrected chi connectivity index (χ3v) is 4.49. The molecule has 0 aliphatic rings. The Kier molecular flexibility index (Phi) is 3.96. The average Bonchev–Trinajstić information content (AvgIpc) is 2.65. The van der Waals surface area contributed by atoms with E-state index in [2.05, 4.69) is 10.3 Å². The number of anilines is 1. The number of hydrogen-bond donors (Lipinski definition) is 2. The van der Waals surface area contributed by atoms with Crippen LogP contribution in [-0.2, 0) is 0 Å². The highest BCUT2D eigenvalue weighted by Gasteiger charge is 2.18. The van der Waals surface area contributed by atoms with Gasteiger partial charge in [0.15, 0.2) is 5.43 Å². The second kappa shape index (κ2) is 6.32. The number of para-hydroxylation sites is 2. The molecule has 3 aromatic carbocycles. The summed E-state index contributed by atoms with van der Waals surface area (Å²) in [6, 6.07) is 13.3. The van der Waals surface area contributed by atoms with E-state index < -0.39 is 23.0 Å². The summed E-state index contributed by atoms with van der Waals surface area (Å²) in [7, 11) is 0. The van der Waals surface area contributed by atoms with Crippen molar-refractivity contribution in [3.05, 3.63) is 87.6 Å². The van der Waals surface area contributed by atoms with Crippen LogP contribution in [0.25, 0.3) is 21.8 Å². The van der Waals surface area contributed by atoms with Gasteiger partial charge in [-0.3, -0.25) is 9.59 Å². The molecule has 4 aromatic rings. The van der Waals surface area contributed by atoms with E-state index in [0.717, 1.165) is 17.7 Å². The molecule has 0 radical (unpaired) electrons. The molecule has 1 amide bonds. The molecule has 134 valence electrons. The lowest BCUT2D eigenvalue weighted by Gasteiger charge is -2.11. The highest BCUT2D eigenvalue weighted by Crippen LogP contribution is 2.23. The zero-order chi connectivity index (χ0) is 19.1. The van der Waals surface area contributed by atoms with Crippen molar-refractivity contribution in [3.63, 3.8) is 0 Å². The van der Waals surface area contributed by atoms with Gasteiger partial charge < -0.3 is 10.3 Å². The lowest BCUT2D eigenvalue weighted by molar-refractivity contribution is 0.102. The first-order chi connectivity index (χ1) is 13.0. The Balaban J connectivity index is 1.96. The van der Waals surface area contributed by atoms with Gasteiger partial charge in [0.05, 0.1) is 16.6 Å². The number of aromatic amines is 1. The predicted molar refractivity (Wildman–Crippen MR) is 101 cm³/mol. The number of pyridine rings is 1. The summed E-state index contributed by atoms with van der Waals surface area (Å²) in [5, 5.41) is 2.79. The van der Waals surface area contributed by atoms with Crippen LogP contribution in [-0.4, -0.2) is 10.9 Å². The molecule has 4 nitrogen and oxygen atoms in total. The molecule has 0 saturated heterocycles. The molecule has 0 spiro atoms. The third-order valence-electron chi connectivity index (χ3n) is 4.49. The first-order valence-corrected chi connectivity index (χ1v) is 8.26. The number of carbonyl (C=O) groups is 1. The largest absolute Gasteiger partial charge is 0.351 e. The minimum Gasteiger partial charge on any atom is -0.351 e. The number of carbonyl (C=O) groups excluding carboxylic acids is 1. The molecule has 1 heterocycles. The second-order valence-corrected chi connectivity index (χ2v) is 6.26. The molecule has 0 bridgehead atoms. The molecule has 0 aliphatic carbocycles. The number of aromatic nitrogens is 1. The highest BCUT2D eigenvalue weighted by atomic mass is 19.1. The molecule has 0 unspecified atom stereocenters. The first-order valence-electron chi connectivity index (χ1n) is 8.26.